The molecule has 3 unspecified atom stereocenters. The highest BCUT2D eigenvalue weighted by Crippen LogP contribution is 2.57. The third-order valence-corrected chi connectivity index (χ3v) is 14.7. The summed E-state index contributed by atoms with van der Waals surface area (Å²) in [5.74, 6) is 3.20. The van der Waals surface area contributed by atoms with Crippen molar-refractivity contribution in [1.82, 2.24) is 0 Å². The Balaban J connectivity index is 1.08. The molecule has 7 aromatic carbocycles. The molecule has 0 aromatic heterocycles. The Hall–Kier alpha value is -5.40. The van der Waals surface area contributed by atoms with Crippen LogP contribution in [0.2, 0.25) is 0 Å². The van der Waals surface area contributed by atoms with E-state index in [1.54, 1.807) is 0 Å². The zero-order valence-electron chi connectivity index (χ0n) is 33.6. The largest absolute Gasteiger partial charge is 0.310 e. The van der Waals surface area contributed by atoms with Gasteiger partial charge in [0.05, 0.1) is 5.69 Å². The first-order chi connectivity index (χ1) is 28.0. The molecule has 0 spiro atoms. The number of hydrogen-bond acceptors (Lipinski definition) is 1. The van der Waals surface area contributed by atoms with Crippen LogP contribution in [0.5, 0.6) is 0 Å². The lowest BCUT2D eigenvalue weighted by Crippen LogP contribution is -2.19. The highest BCUT2D eigenvalue weighted by molar-refractivity contribution is 5.99. The average Bonchev–Trinajstić information content (AvgIpc) is 3.97. The summed E-state index contributed by atoms with van der Waals surface area (Å²) in [6.07, 6.45) is 12.4. The van der Waals surface area contributed by atoms with Crippen LogP contribution in [0.4, 0.5) is 17.1 Å². The Morgan fingerprint density at radius 3 is 2.02 bits per heavy atom. The first-order valence-electron chi connectivity index (χ1n) is 21.9. The van der Waals surface area contributed by atoms with Gasteiger partial charge in [-0.15, -0.1) is 0 Å². The number of nitrogens with zero attached hydrogens (tertiary/aromatic N) is 1. The van der Waals surface area contributed by atoms with Crippen LogP contribution in [0.1, 0.15) is 106 Å². The summed E-state index contributed by atoms with van der Waals surface area (Å²) in [4.78, 5) is 2.55. The van der Waals surface area contributed by atoms with Gasteiger partial charge in [0.1, 0.15) is 0 Å². The second-order valence-corrected chi connectivity index (χ2v) is 18.3. The van der Waals surface area contributed by atoms with Crippen molar-refractivity contribution in [2.45, 2.75) is 88.9 Å². The fourth-order valence-corrected chi connectivity index (χ4v) is 11.8. The topological polar surface area (TPSA) is 3.24 Å². The Labute approximate surface area is 339 Å². The number of benzene rings is 7. The molecule has 0 radical (unpaired) electrons. The molecule has 1 nitrogen and oxygen atoms in total. The summed E-state index contributed by atoms with van der Waals surface area (Å²) in [5.41, 5.74) is 17.2. The van der Waals surface area contributed by atoms with Gasteiger partial charge >= 0.3 is 0 Å². The molecule has 0 N–H and O–H groups in total. The number of fused-ring (bicyclic) bond motifs is 6. The zero-order chi connectivity index (χ0) is 38.1. The molecule has 1 heteroatoms. The fourth-order valence-electron chi connectivity index (χ4n) is 11.8. The van der Waals surface area contributed by atoms with E-state index in [4.69, 9.17) is 0 Å². The first kappa shape index (κ1) is 34.8. The zero-order valence-corrected chi connectivity index (χ0v) is 33.6. The van der Waals surface area contributed by atoms with Crippen molar-refractivity contribution in [3.8, 4) is 33.4 Å². The van der Waals surface area contributed by atoms with Crippen molar-refractivity contribution in [3.63, 3.8) is 0 Å². The van der Waals surface area contributed by atoms with Crippen LogP contribution in [-0.2, 0) is 5.41 Å². The third-order valence-electron chi connectivity index (χ3n) is 14.7. The van der Waals surface area contributed by atoms with E-state index in [0.29, 0.717) is 11.8 Å². The van der Waals surface area contributed by atoms with E-state index in [-0.39, 0.29) is 5.41 Å². The summed E-state index contributed by atoms with van der Waals surface area (Å²) in [7, 11) is 0. The SMILES string of the molecule is CC1(C)c2ccccc2-c2ccc(N(c3ccc(-c4cccc(C5CCCCC5)c4)cc3)c3ccc(C4CC5CCC4C5)cc3)c(-c3ccc4ccccc4c3)c21. The summed E-state index contributed by atoms with van der Waals surface area (Å²) >= 11 is 0. The van der Waals surface area contributed by atoms with Crippen molar-refractivity contribution in [2.24, 2.45) is 11.8 Å². The number of anilines is 3. The van der Waals surface area contributed by atoms with Crippen LogP contribution in [0.25, 0.3) is 44.2 Å². The minimum atomic E-state index is -0.173. The maximum atomic E-state index is 2.55. The van der Waals surface area contributed by atoms with Gasteiger partial charge in [-0.2, -0.15) is 0 Å². The van der Waals surface area contributed by atoms with Gasteiger partial charge in [0.15, 0.2) is 0 Å². The predicted octanol–water partition coefficient (Wildman–Crippen LogP) is 15.9. The molecule has 282 valence electrons. The van der Waals surface area contributed by atoms with Crippen molar-refractivity contribution in [1.29, 1.82) is 0 Å². The molecule has 57 heavy (non-hydrogen) atoms. The Morgan fingerprint density at radius 1 is 0.509 bits per heavy atom. The van der Waals surface area contributed by atoms with Gasteiger partial charge in [-0.05, 0) is 153 Å². The number of rotatable bonds is 7. The fraction of sp³-hybridized carbons (Fsp3) is 0.286. The van der Waals surface area contributed by atoms with Crippen LogP contribution in [0.3, 0.4) is 0 Å². The lowest BCUT2D eigenvalue weighted by atomic mass is 9.78. The van der Waals surface area contributed by atoms with E-state index in [2.05, 4.69) is 170 Å². The highest BCUT2D eigenvalue weighted by atomic mass is 15.1. The van der Waals surface area contributed by atoms with Crippen LogP contribution in [0, 0.1) is 11.8 Å². The smallest absolute Gasteiger partial charge is 0.0543 e. The third kappa shape index (κ3) is 5.96. The minimum Gasteiger partial charge on any atom is -0.310 e. The maximum absolute atomic E-state index is 2.55. The molecular weight excluding hydrogens is 687 g/mol. The van der Waals surface area contributed by atoms with E-state index in [0.717, 1.165) is 11.8 Å². The van der Waals surface area contributed by atoms with Crippen LogP contribution in [-0.4, -0.2) is 0 Å². The van der Waals surface area contributed by atoms with Crippen molar-refractivity contribution in [2.75, 3.05) is 4.90 Å². The predicted molar refractivity (Wildman–Crippen MR) is 241 cm³/mol. The van der Waals surface area contributed by atoms with Crippen molar-refractivity contribution < 1.29 is 0 Å². The van der Waals surface area contributed by atoms with E-state index in [9.17, 15) is 0 Å². The van der Waals surface area contributed by atoms with Crippen molar-refractivity contribution in [3.05, 3.63) is 174 Å². The standard InChI is InChI=1S/C56H53N/c1-56(2)52-18-9-8-17-49(52)50-31-32-53(54(55(50)56)46-22-21-39-13-6-7-14-42(39)36-46)57(48-29-25-41(26-30-48)51-34-37-19-20-45(51)33-37)47-27-23-40(24-28-47)44-16-10-15-43(35-44)38-11-4-3-5-12-38/h6-10,13-18,21-32,35-38,45,51H,3-5,11-12,19-20,33-34H2,1-2H3. The van der Waals surface area contributed by atoms with Gasteiger partial charge < -0.3 is 4.90 Å². The molecule has 7 aromatic rings. The molecule has 0 saturated heterocycles. The summed E-state index contributed by atoms with van der Waals surface area (Å²) in [6.45, 7) is 4.85. The van der Waals surface area contributed by atoms with E-state index in [1.807, 2.05) is 0 Å². The first-order valence-corrected chi connectivity index (χ1v) is 21.9. The lowest BCUT2D eigenvalue weighted by molar-refractivity contribution is 0.420. The van der Waals surface area contributed by atoms with Gasteiger partial charge in [-0.25, -0.2) is 0 Å². The summed E-state index contributed by atoms with van der Waals surface area (Å²) in [6, 6.07) is 58.4. The number of hydrogen-bond donors (Lipinski definition) is 0. The van der Waals surface area contributed by atoms with E-state index in [1.165, 1.54) is 141 Å². The Morgan fingerprint density at radius 2 is 1.25 bits per heavy atom. The van der Waals surface area contributed by atoms with Crippen LogP contribution in [0.15, 0.2) is 152 Å². The molecule has 11 rings (SSSR count). The van der Waals surface area contributed by atoms with E-state index < -0.39 is 0 Å². The van der Waals surface area contributed by atoms with Gasteiger partial charge in [0.2, 0.25) is 0 Å². The van der Waals surface area contributed by atoms with E-state index >= 15 is 0 Å². The second-order valence-electron chi connectivity index (χ2n) is 18.3. The molecule has 0 amide bonds. The van der Waals surface area contributed by atoms with Crippen molar-refractivity contribution >= 4 is 27.8 Å². The van der Waals surface area contributed by atoms with Crippen LogP contribution >= 0.6 is 0 Å². The Bertz CT molecular complexity index is 2600. The van der Waals surface area contributed by atoms with Gasteiger partial charge in [0, 0.05) is 22.4 Å². The molecule has 0 heterocycles. The molecule has 0 aliphatic heterocycles. The van der Waals surface area contributed by atoms with Gasteiger partial charge in [0.25, 0.3) is 0 Å². The highest BCUT2D eigenvalue weighted by Gasteiger charge is 2.41. The normalized spacial score (nSPS) is 20.8. The average molecular weight is 740 g/mol. The molecule has 2 bridgehead atoms. The maximum Gasteiger partial charge on any atom is 0.0543 e. The van der Waals surface area contributed by atoms with Crippen LogP contribution < -0.4 is 4.90 Å². The molecule has 3 fully saturated rings. The molecule has 3 atom stereocenters. The van der Waals surface area contributed by atoms with Gasteiger partial charge in [-0.1, -0.05) is 155 Å². The summed E-state index contributed by atoms with van der Waals surface area (Å²) in [5, 5.41) is 2.54. The molecule has 4 aliphatic rings. The van der Waals surface area contributed by atoms with Gasteiger partial charge in [-0.3, -0.25) is 0 Å². The Kier molecular flexibility index (Phi) is 8.50. The monoisotopic (exact) mass is 739 g/mol. The minimum absolute atomic E-state index is 0.173. The second kappa shape index (κ2) is 13.9. The quantitative estimate of drug-likeness (QED) is 0.157. The molecular formula is C56H53N. The molecule has 3 saturated carbocycles. The molecule has 4 aliphatic carbocycles. The lowest BCUT2D eigenvalue weighted by Gasteiger charge is -2.32. The summed E-state index contributed by atoms with van der Waals surface area (Å²) < 4.78 is 0.